The summed E-state index contributed by atoms with van der Waals surface area (Å²) in [5, 5.41) is 0. The van der Waals surface area contributed by atoms with E-state index in [-0.39, 0.29) is 11.9 Å². The van der Waals surface area contributed by atoms with Gasteiger partial charge in [0.25, 0.3) is 0 Å². The second-order valence-corrected chi connectivity index (χ2v) is 4.57. The molecule has 0 aliphatic heterocycles. The summed E-state index contributed by atoms with van der Waals surface area (Å²) >= 11 is 0. The number of hydrogen-bond acceptors (Lipinski definition) is 2. The molecule has 1 aliphatic carbocycles. The third-order valence-corrected chi connectivity index (χ3v) is 3.06. The van der Waals surface area contributed by atoms with Gasteiger partial charge in [-0.15, -0.1) is 0 Å². The SMILES string of the molecule is CCOC(=O)C1C(c2ccccc2)=C1C(C)C. The van der Waals surface area contributed by atoms with Crippen LogP contribution in [0.5, 0.6) is 0 Å². The fraction of sp³-hybridized carbons (Fsp3) is 0.400. The van der Waals surface area contributed by atoms with Gasteiger partial charge < -0.3 is 4.74 Å². The number of ether oxygens (including phenoxy) is 1. The summed E-state index contributed by atoms with van der Waals surface area (Å²) in [6.07, 6.45) is 0. The van der Waals surface area contributed by atoms with Crippen LogP contribution < -0.4 is 0 Å². The molecule has 0 spiro atoms. The van der Waals surface area contributed by atoms with E-state index in [1.807, 2.05) is 25.1 Å². The van der Waals surface area contributed by atoms with Crippen molar-refractivity contribution in [2.75, 3.05) is 6.61 Å². The van der Waals surface area contributed by atoms with E-state index in [0.29, 0.717) is 12.5 Å². The summed E-state index contributed by atoms with van der Waals surface area (Å²) in [7, 11) is 0. The van der Waals surface area contributed by atoms with Crippen LogP contribution in [0.2, 0.25) is 0 Å². The average molecular weight is 230 g/mol. The molecular weight excluding hydrogens is 212 g/mol. The predicted octanol–water partition coefficient (Wildman–Crippen LogP) is 3.29. The lowest BCUT2D eigenvalue weighted by atomic mass is 10.1. The van der Waals surface area contributed by atoms with Crippen LogP contribution in [0.25, 0.3) is 5.57 Å². The molecule has 2 nitrogen and oxygen atoms in total. The van der Waals surface area contributed by atoms with Crippen molar-refractivity contribution in [2.24, 2.45) is 11.8 Å². The van der Waals surface area contributed by atoms with E-state index < -0.39 is 0 Å². The largest absolute Gasteiger partial charge is 0.465 e. The highest BCUT2D eigenvalue weighted by Crippen LogP contribution is 2.51. The number of hydrogen-bond donors (Lipinski definition) is 0. The number of rotatable bonds is 4. The minimum absolute atomic E-state index is 0.0997. The highest BCUT2D eigenvalue weighted by Gasteiger charge is 2.45. The second-order valence-electron chi connectivity index (χ2n) is 4.57. The van der Waals surface area contributed by atoms with Crippen molar-refractivity contribution in [1.29, 1.82) is 0 Å². The smallest absolute Gasteiger partial charge is 0.317 e. The highest BCUT2D eigenvalue weighted by atomic mass is 16.5. The first kappa shape index (κ1) is 11.9. The molecule has 1 aromatic carbocycles. The maximum absolute atomic E-state index is 11.8. The zero-order valence-electron chi connectivity index (χ0n) is 10.6. The number of carbonyl (C=O) groups is 1. The van der Waals surface area contributed by atoms with Crippen LogP contribution in [-0.2, 0) is 9.53 Å². The van der Waals surface area contributed by atoms with Crippen LogP contribution in [0.4, 0.5) is 0 Å². The van der Waals surface area contributed by atoms with Gasteiger partial charge >= 0.3 is 5.97 Å². The lowest BCUT2D eigenvalue weighted by Gasteiger charge is -2.03. The van der Waals surface area contributed by atoms with E-state index in [0.717, 1.165) is 5.56 Å². The van der Waals surface area contributed by atoms with Crippen LogP contribution in [0.3, 0.4) is 0 Å². The summed E-state index contributed by atoms with van der Waals surface area (Å²) in [5.74, 6) is 0.201. The molecule has 1 aromatic rings. The van der Waals surface area contributed by atoms with E-state index in [1.54, 1.807) is 0 Å². The number of esters is 1. The van der Waals surface area contributed by atoms with Crippen LogP contribution in [0, 0.1) is 11.8 Å². The fourth-order valence-corrected chi connectivity index (χ4v) is 2.30. The summed E-state index contributed by atoms with van der Waals surface area (Å²) in [5.41, 5.74) is 3.54. The summed E-state index contributed by atoms with van der Waals surface area (Å²) in [4.78, 5) is 11.8. The Hall–Kier alpha value is -1.57. The zero-order valence-corrected chi connectivity index (χ0v) is 10.6. The Morgan fingerprint density at radius 3 is 2.47 bits per heavy atom. The van der Waals surface area contributed by atoms with Gasteiger partial charge in [-0.05, 0) is 29.6 Å². The third-order valence-electron chi connectivity index (χ3n) is 3.06. The third kappa shape index (κ3) is 2.26. The molecule has 0 saturated heterocycles. The molecule has 2 heteroatoms. The van der Waals surface area contributed by atoms with Gasteiger partial charge in [-0.3, -0.25) is 4.79 Å². The minimum Gasteiger partial charge on any atom is -0.465 e. The maximum atomic E-state index is 11.8. The molecule has 90 valence electrons. The lowest BCUT2D eigenvalue weighted by molar-refractivity contribution is -0.143. The van der Waals surface area contributed by atoms with Crippen molar-refractivity contribution >= 4 is 11.5 Å². The van der Waals surface area contributed by atoms with Crippen molar-refractivity contribution in [3.8, 4) is 0 Å². The van der Waals surface area contributed by atoms with Crippen LogP contribution in [-0.4, -0.2) is 12.6 Å². The van der Waals surface area contributed by atoms with Gasteiger partial charge in [-0.2, -0.15) is 0 Å². The first-order valence-corrected chi connectivity index (χ1v) is 6.12. The Labute approximate surface area is 102 Å². The predicted molar refractivity (Wildman–Crippen MR) is 68.3 cm³/mol. The Bertz CT molecular complexity index is 443. The molecule has 0 N–H and O–H groups in total. The maximum Gasteiger partial charge on any atom is 0.317 e. The van der Waals surface area contributed by atoms with E-state index in [2.05, 4.69) is 26.0 Å². The van der Waals surface area contributed by atoms with Gasteiger partial charge in [0.2, 0.25) is 0 Å². The monoisotopic (exact) mass is 230 g/mol. The number of benzene rings is 1. The summed E-state index contributed by atoms with van der Waals surface area (Å²) in [6, 6.07) is 10.1. The van der Waals surface area contributed by atoms with Crippen molar-refractivity contribution in [2.45, 2.75) is 20.8 Å². The fourth-order valence-electron chi connectivity index (χ4n) is 2.30. The van der Waals surface area contributed by atoms with E-state index in [9.17, 15) is 4.79 Å². The van der Waals surface area contributed by atoms with Gasteiger partial charge in [-0.1, -0.05) is 44.2 Å². The van der Waals surface area contributed by atoms with Crippen molar-refractivity contribution in [3.05, 3.63) is 41.5 Å². The number of carbonyl (C=O) groups excluding carboxylic acids is 1. The molecule has 2 rings (SSSR count). The Morgan fingerprint density at radius 1 is 1.29 bits per heavy atom. The Morgan fingerprint density at radius 2 is 1.94 bits per heavy atom. The van der Waals surface area contributed by atoms with Crippen molar-refractivity contribution < 1.29 is 9.53 Å². The van der Waals surface area contributed by atoms with Crippen molar-refractivity contribution in [1.82, 2.24) is 0 Å². The van der Waals surface area contributed by atoms with E-state index in [1.165, 1.54) is 11.1 Å². The first-order chi connectivity index (χ1) is 8.16. The normalized spacial score (nSPS) is 18.5. The molecule has 0 bridgehead atoms. The molecule has 0 aromatic heterocycles. The second kappa shape index (κ2) is 4.74. The first-order valence-electron chi connectivity index (χ1n) is 6.12. The average Bonchev–Trinajstić information content (AvgIpc) is 3.06. The Balaban J connectivity index is 2.23. The van der Waals surface area contributed by atoms with Gasteiger partial charge in [0.05, 0.1) is 6.61 Å². The summed E-state index contributed by atoms with van der Waals surface area (Å²) < 4.78 is 5.12. The molecule has 0 fully saturated rings. The van der Waals surface area contributed by atoms with Crippen LogP contribution in [0.15, 0.2) is 35.9 Å². The van der Waals surface area contributed by atoms with Gasteiger partial charge in [0.15, 0.2) is 0 Å². The molecule has 0 heterocycles. The standard InChI is InChI=1S/C15H18O2/c1-4-17-15(16)14-12(10(2)3)13(14)11-8-6-5-7-9-11/h5-10,14H,4H2,1-3H3. The molecule has 1 atom stereocenters. The van der Waals surface area contributed by atoms with Crippen LogP contribution >= 0.6 is 0 Å². The van der Waals surface area contributed by atoms with Gasteiger partial charge in [-0.25, -0.2) is 0 Å². The molecule has 1 aliphatic rings. The molecular formula is C15H18O2. The van der Waals surface area contributed by atoms with Gasteiger partial charge in [0.1, 0.15) is 5.92 Å². The summed E-state index contributed by atoms with van der Waals surface area (Å²) in [6.45, 7) is 6.54. The van der Waals surface area contributed by atoms with Crippen molar-refractivity contribution in [3.63, 3.8) is 0 Å². The van der Waals surface area contributed by atoms with E-state index in [4.69, 9.17) is 4.74 Å². The Kier molecular flexibility index (Phi) is 3.32. The quantitative estimate of drug-likeness (QED) is 0.742. The molecule has 17 heavy (non-hydrogen) atoms. The molecule has 0 radical (unpaired) electrons. The zero-order chi connectivity index (χ0) is 12.4. The van der Waals surface area contributed by atoms with E-state index >= 15 is 0 Å². The highest BCUT2D eigenvalue weighted by molar-refractivity contribution is 6.04. The lowest BCUT2D eigenvalue weighted by Crippen LogP contribution is -2.10. The molecule has 0 saturated carbocycles. The van der Waals surface area contributed by atoms with Crippen LogP contribution in [0.1, 0.15) is 26.3 Å². The molecule has 1 unspecified atom stereocenters. The van der Waals surface area contributed by atoms with Gasteiger partial charge in [0, 0.05) is 0 Å². The molecule has 0 amide bonds. The topological polar surface area (TPSA) is 26.3 Å². The minimum atomic E-state index is -0.102.